The SMILES string of the molecule is C=C/C(=C\C=C(/C)[C@@H](CCC(C)(C)C)N1C(=O)C(c2cc(Cl)cc(Cl)c2)=NC12CCN(CCC(C)C)CC2)C(=O)NCCC(=O)O. The predicted octanol–water partition coefficient (Wildman–Crippen LogP) is 7.31. The number of amides is 2. The van der Waals surface area contributed by atoms with Gasteiger partial charge in [-0.2, -0.15) is 0 Å². The molecule has 0 aromatic heterocycles. The maximum atomic E-state index is 14.6. The van der Waals surface area contributed by atoms with Gasteiger partial charge in [0.05, 0.1) is 12.5 Å². The molecule has 3 rings (SSSR count). The third-order valence-corrected chi connectivity index (χ3v) is 9.08. The minimum atomic E-state index is -0.988. The van der Waals surface area contributed by atoms with E-state index < -0.39 is 17.5 Å². The molecule has 2 amide bonds. The molecule has 1 fully saturated rings. The zero-order valence-electron chi connectivity index (χ0n) is 28.2. The van der Waals surface area contributed by atoms with Gasteiger partial charge in [0.25, 0.3) is 11.8 Å². The first-order valence-electron chi connectivity index (χ1n) is 16.2. The Morgan fingerprint density at radius 1 is 1.11 bits per heavy atom. The van der Waals surface area contributed by atoms with Crippen molar-refractivity contribution in [2.24, 2.45) is 16.3 Å². The van der Waals surface area contributed by atoms with Gasteiger partial charge < -0.3 is 20.2 Å². The highest BCUT2D eigenvalue weighted by atomic mass is 35.5. The molecule has 1 spiro atoms. The second kappa shape index (κ2) is 16.2. The van der Waals surface area contributed by atoms with Gasteiger partial charge in [-0.05, 0) is 68.3 Å². The lowest BCUT2D eigenvalue weighted by atomic mass is 9.84. The third kappa shape index (κ3) is 10.3. The van der Waals surface area contributed by atoms with Crippen LogP contribution in [0.5, 0.6) is 0 Å². The number of hydrogen-bond donors (Lipinski definition) is 2. The number of rotatable bonds is 14. The number of nitrogens with one attached hydrogen (secondary N) is 1. The molecule has 0 radical (unpaired) electrons. The maximum absolute atomic E-state index is 14.6. The second-order valence-electron chi connectivity index (χ2n) is 14.1. The molecule has 1 atom stereocenters. The number of carboxylic acids is 1. The summed E-state index contributed by atoms with van der Waals surface area (Å²) in [4.78, 5) is 47.9. The molecule has 1 saturated heterocycles. The van der Waals surface area contributed by atoms with E-state index in [0.29, 0.717) is 52.1 Å². The van der Waals surface area contributed by atoms with Gasteiger partial charge in [0.2, 0.25) is 0 Å². The van der Waals surface area contributed by atoms with Gasteiger partial charge in [-0.25, -0.2) is 0 Å². The molecule has 46 heavy (non-hydrogen) atoms. The number of nitrogens with zero attached hydrogens (tertiary/aromatic N) is 3. The zero-order chi connectivity index (χ0) is 34.2. The molecule has 10 heteroatoms. The Bertz CT molecular complexity index is 1360. The highest BCUT2D eigenvalue weighted by molar-refractivity contribution is 6.48. The summed E-state index contributed by atoms with van der Waals surface area (Å²) in [6.07, 6.45) is 8.91. The van der Waals surface area contributed by atoms with Crippen molar-refractivity contribution in [3.05, 3.63) is 69.8 Å². The first-order chi connectivity index (χ1) is 21.5. The van der Waals surface area contributed by atoms with Crippen LogP contribution in [0.3, 0.4) is 0 Å². The lowest BCUT2D eigenvalue weighted by Gasteiger charge is -2.47. The lowest BCUT2D eigenvalue weighted by molar-refractivity contribution is -0.137. The predicted molar refractivity (Wildman–Crippen MR) is 187 cm³/mol. The Balaban J connectivity index is 2.05. The van der Waals surface area contributed by atoms with E-state index in [1.54, 1.807) is 24.3 Å². The van der Waals surface area contributed by atoms with Crippen LogP contribution in [0.15, 0.2) is 59.1 Å². The molecule has 2 aliphatic rings. The summed E-state index contributed by atoms with van der Waals surface area (Å²) in [7, 11) is 0. The molecule has 8 nitrogen and oxygen atoms in total. The van der Waals surface area contributed by atoms with Crippen molar-refractivity contribution in [3.63, 3.8) is 0 Å². The molecule has 2 aliphatic heterocycles. The van der Waals surface area contributed by atoms with Crippen molar-refractivity contribution in [2.75, 3.05) is 26.2 Å². The van der Waals surface area contributed by atoms with Crippen LogP contribution in [0, 0.1) is 11.3 Å². The van der Waals surface area contributed by atoms with Gasteiger partial charge in [0.1, 0.15) is 11.4 Å². The largest absolute Gasteiger partial charge is 0.481 e. The van der Waals surface area contributed by atoms with Gasteiger partial charge in [-0.15, -0.1) is 0 Å². The normalized spacial score (nSPS) is 18.2. The van der Waals surface area contributed by atoms with Crippen LogP contribution in [-0.2, 0) is 14.4 Å². The molecular formula is C36H50Cl2N4O4. The van der Waals surface area contributed by atoms with Crippen molar-refractivity contribution < 1.29 is 19.5 Å². The first kappa shape index (κ1) is 37.5. The average molecular weight is 674 g/mol. The quantitative estimate of drug-likeness (QED) is 0.159. The van der Waals surface area contributed by atoms with Crippen LogP contribution >= 0.6 is 23.2 Å². The number of allylic oxidation sites excluding steroid dienone is 2. The van der Waals surface area contributed by atoms with Crippen LogP contribution in [0.25, 0.3) is 0 Å². The molecular weight excluding hydrogens is 623 g/mol. The maximum Gasteiger partial charge on any atom is 0.305 e. The summed E-state index contributed by atoms with van der Waals surface area (Å²) >= 11 is 12.8. The van der Waals surface area contributed by atoms with Gasteiger partial charge in [0, 0.05) is 53.7 Å². The van der Waals surface area contributed by atoms with E-state index in [0.717, 1.165) is 38.0 Å². The summed E-state index contributed by atoms with van der Waals surface area (Å²) in [5.41, 5.74) is 1.49. The van der Waals surface area contributed by atoms with E-state index in [9.17, 15) is 14.4 Å². The van der Waals surface area contributed by atoms with Crippen molar-refractivity contribution in [2.45, 2.75) is 91.8 Å². The van der Waals surface area contributed by atoms with E-state index in [1.165, 1.54) is 6.08 Å². The van der Waals surface area contributed by atoms with Crippen molar-refractivity contribution in [3.8, 4) is 0 Å². The molecule has 2 heterocycles. The lowest BCUT2D eigenvalue weighted by Crippen LogP contribution is -2.57. The van der Waals surface area contributed by atoms with Gasteiger partial charge in [0.15, 0.2) is 0 Å². The third-order valence-electron chi connectivity index (χ3n) is 8.64. The van der Waals surface area contributed by atoms with Gasteiger partial charge >= 0.3 is 5.97 Å². The number of benzene rings is 1. The van der Waals surface area contributed by atoms with Crippen LogP contribution < -0.4 is 5.32 Å². The van der Waals surface area contributed by atoms with Crippen molar-refractivity contribution in [1.82, 2.24) is 15.1 Å². The minimum absolute atomic E-state index is 0.0167. The summed E-state index contributed by atoms with van der Waals surface area (Å²) < 4.78 is 0. The Labute approximate surface area is 284 Å². The Kier molecular flexibility index (Phi) is 13.3. The second-order valence-corrected chi connectivity index (χ2v) is 14.9. The van der Waals surface area contributed by atoms with E-state index in [1.807, 2.05) is 17.9 Å². The van der Waals surface area contributed by atoms with E-state index in [2.05, 4.69) is 51.4 Å². The molecule has 2 N–H and O–H groups in total. The number of piperidine rings is 1. The topological polar surface area (TPSA) is 102 Å². The van der Waals surface area contributed by atoms with Crippen LogP contribution in [0.2, 0.25) is 10.0 Å². The number of hydrogen-bond acceptors (Lipinski definition) is 5. The van der Waals surface area contributed by atoms with E-state index >= 15 is 0 Å². The number of carbonyl (C=O) groups is 3. The Morgan fingerprint density at radius 2 is 1.74 bits per heavy atom. The number of aliphatic carboxylic acids is 1. The zero-order valence-corrected chi connectivity index (χ0v) is 29.7. The number of carbonyl (C=O) groups excluding carboxylic acids is 2. The molecule has 0 unspecified atom stereocenters. The summed E-state index contributed by atoms with van der Waals surface area (Å²) in [6.45, 7) is 19.5. The van der Waals surface area contributed by atoms with Crippen LogP contribution in [-0.4, -0.2) is 76.3 Å². The summed E-state index contributed by atoms with van der Waals surface area (Å²) in [6, 6.07) is 4.85. The summed E-state index contributed by atoms with van der Waals surface area (Å²) in [5.74, 6) is -0.934. The highest BCUT2D eigenvalue weighted by Crippen LogP contribution is 2.41. The molecule has 0 bridgehead atoms. The molecule has 252 valence electrons. The average Bonchev–Trinajstić information content (AvgIpc) is 3.23. The smallest absolute Gasteiger partial charge is 0.305 e. The van der Waals surface area contributed by atoms with Gasteiger partial charge in [-0.3, -0.25) is 19.4 Å². The fourth-order valence-electron chi connectivity index (χ4n) is 5.94. The molecule has 1 aromatic rings. The minimum Gasteiger partial charge on any atom is -0.481 e. The number of halogens is 2. The van der Waals surface area contributed by atoms with Crippen LogP contribution in [0.4, 0.5) is 0 Å². The molecule has 1 aromatic carbocycles. The number of likely N-dealkylation sites (tertiary alicyclic amines) is 1. The van der Waals surface area contributed by atoms with Crippen molar-refractivity contribution >= 4 is 46.7 Å². The molecule has 0 aliphatic carbocycles. The standard InChI is InChI=1S/C36H50Cl2N4O4/c1-8-26(33(45)39-17-12-31(43)44)10-9-25(4)30(11-14-35(5,6)7)42-34(46)32(27-21-28(37)23-29(38)22-27)40-36(42)15-19-41(20-16-36)18-13-24(2)3/h8-10,21-24,30H,1,11-20H2,2-7H3,(H,39,45)(H,43,44)/b25-9+,26-10+/t30-/m1/s1. The number of aliphatic imine (C=N–C) groups is 1. The highest BCUT2D eigenvalue weighted by Gasteiger charge is 2.51. The fourth-order valence-corrected chi connectivity index (χ4v) is 6.46. The Hall–Kier alpha value is -2.94. The van der Waals surface area contributed by atoms with E-state index in [4.69, 9.17) is 33.3 Å². The molecule has 0 saturated carbocycles. The van der Waals surface area contributed by atoms with E-state index in [-0.39, 0.29) is 30.3 Å². The van der Waals surface area contributed by atoms with Crippen molar-refractivity contribution in [1.29, 1.82) is 0 Å². The van der Waals surface area contributed by atoms with Gasteiger partial charge in [-0.1, -0.05) is 82.1 Å². The monoisotopic (exact) mass is 672 g/mol. The van der Waals surface area contributed by atoms with Crippen LogP contribution in [0.1, 0.15) is 85.6 Å². The number of carboxylic acid groups (broad SMARTS) is 1. The first-order valence-corrected chi connectivity index (χ1v) is 16.9. The Morgan fingerprint density at radius 3 is 2.28 bits per heavy atom. The summed E-state index contributed by atoms with van der Waals surface area (Å²) in [5, 5.41) is 12.4. The fraction of sp³-hybridized carbons (Fsp3) is 0.556.